The maximum Gasteiger partial charge on any atom is 0.281 e. The fourth-order valence-corrected chi connectivity index (χ4v) is 1.76. The minimum absolute atomic E-state index is 0.0203. The average Bonchev–Trinajstić information content (AvgIpc) is 2.32. The van der Waals surface area contributed by atoms with Crippen molar-refractivity contribution >= 4 is 27.3 Å². The summed E-state index contributed by atoms with van der Waals surface area (Å²) in [4.78, 5) is 3.81. The Morgan fingerprint density at radius 3 is 2.64 bits per heavy atom. The third-order valence-corrected chi connectivity index (χ3v) is 3.17. The molecule has 1 heterocycles. The summed E-state index contributed by atoms with van der Waals surface area (Å²) in [6, 6.07) is 0. The van der Waals surface area contributed by atoms with Gasteiger partial charge >= 0.3 is 0 Å². The van der Waals surface area contributed by atoms with Crippen molar-refractivity contribution in [3.05, 3.63) is 16.1 Å². The van der Waals surface area contributed by atoms with Gasteiger partial charge in [-0.2, -0.15) is 0 Å². The number of hydrogen-bond acceptors (Lipinski definition) is 2. The van der Waals surface area contributed by atoms with Crippen molar-refractivity contribution in [2.75, 3.05) is 0 Å². The van der Waals surface area contributed by atoms with Crippen LogP contribution >= 0.6 is 27.3 Å². The highest BCUT2D eigenvalue weighted by molar-refractivity contribution is 9.08. The maximum absolute atomic E-state index is 12.6. The molecule has 0 atom stereocenters. The Balaban J connectivity index is 2.89. The highest BCUT2D eigenvalue weighted by Gasteiger charge is 2.26. The summed E-state index contributed by atoms with van der Waals surface area (Å²) < 4.78 is 25.1. The summed E-state index contributed by atoms with van der Waals surface area (Å²) in [5.74, 6) is -2.75. The van der Waals surface area contributed by atoms with E-state index in [1.165, 1.54) is 6.20 Å². The lowest BCUT2D eigenvalue weighted by Gasteiger charge is -2.04. The number of rotatable bonds is 2. The van der Waals surface area contributed by atoms with E-state index in [0.29, 0.717) is 10.3 Å². The predicted molar refractivity (Wildman–Crippen MR) is 44.3 cm³/mol. The van der Waals surface area contributed by atoms with Crippen LogP contribution in [0.4, 0.5) is 8.78 Å². The Labute approximate surface area is 75.6 Å². The first-order valence-corrected chi connectivity index (χ1v) is 4.87. The smallest absolute Gasteiger partial charge is 0.248 e. The second-order valence-electron chi connectivity index (χ2n) is 2.14. The molecule has 0 spiro atoms. The number of thiazole rings is 1. The zero-order chi connectivity index (χ0) is 8.48. The number of halogens is 3. The van der Waals surface area contributed by atoms with E-state index in [1.807, 2.05) is 0 Å². The molecule has 62 valence electrons. The van der Waals surface area contributed by atoms with Gasteiger partial charge in [0, 0.05) is 13.1 Å². The lowest BCUT2D eigenvalue weighted by molar-refractivity contribution is 0.0213. The predicted octanol–water partition coefficient (Wildman–Crippen LogP) is 3.15. The van der Waals surface area contributed by atoms with Gasteiger partial charge in [-0.25, -0.2) is 13.8 Å². The van der Waals surface area contributed by atoms with Crippen LogP contribution in [0.15, 0.2) is 6.20 Å². The van der Waals surface area contributed by atoms with E-state index in [4.69, 9.17) is 0 Å². The second kappa shape index (κ2) is 3.15. The van der Waals surface area contributed by atoms with Crippen molar-refractivity contribution in [2.45, 2.75) is 18.2 Å². The molecule has 0 radical (unpaired) electrons. The molecule has 1 nitrogen and oxygen atoms in total. The molecule has 11 heavy (non-hydrogen) atoms. The van der Waals surface area contributed by atoms with E-state index in [1.54, 1.807) is 0 Å². The molecule has 5 heteroatoms. The monoisotopic (exact) mass is 241 g/mol. The molecule has 0 N–H and O–H groups in total. The molecule has 0 aliphatic heterocycles. The van der Waals surface area contributed by atoms with E-state index in [0.717, 1.165) is 18.3 Å². The topological polar surface area (TPSA) is 12.9 Å². The molecular formula is C6H6BrF2NS. The summed E-state index contributed by atoms with van der Waals surface area (Å²) in [5.41, 5.74) is 0. The van der Waals surface area contributed by atoms with Crippen LogP contribution < -0.4 is 0 Å². The largest absolute Gasteiger partial charge is 0.281 e. The maximum atomic E-state index is 12.6. The van der Waals surface area contributed by atoms with Crippen LogP contribution in [0.25, 0.3) is 0 Å². The third-order valence-electron chi connectivity index (χ3n) is 1.10. The zero-order valence-electron chi connectivity index (χ0n) is 5.77. The van der Waals surface area contributed by atoms with Gasteiger partial charge < -0.3 is 0 Å². The van der Waals surface area contributed by atoms with Gasteiger partial charge in [0.25, 0.3) is 5.92 Å². The normalized spacial score (nSPS) is 12.0. The van der Waals surface area contributed by atoms with Crippen molar-refractivity contribution in [2.24, 2.45) is 0 Å². The SMILES string of the molecule is CC(F)(F)c1cnc(CBr)s1. The minimum atomic E-state index is -2.75. The van der Waals surface area contributed by atoms with Crippen LogP contribution in [0, 0.1) is 0 Å². The highest BCUT2D eigenvalue weighted by Crippen LogP contribution is 2.31. The fraction of sp³-hybridized carbons (Fsp3) is 0.500. The molecule has 0 aliphatic carbocycles. The number of nitrogens with zero attached hydrogens (tertiary/aromatic N) is 1. The Morgan fingerprint density at radius 1 is 1.73 bits per heavy atom. The van der Waals surface area contributed by atoms with Crippen LogP contribution in [-0.4, -0.2) is 4.98 Å². The van der Waals surface area contributed by atoms with Crippen molar-refractivity contribution in [1.29, 1.82) is 0 Å². The second-order valence-corrected chi connectivity index (χ2v) is 3.82. The van der Waals surface area contributed by atoms with E-state index in [9.17, 15) is 8.78 Å². The molecular weight excluding hydrogens is 236 g/mol. The molecule has 0 unspecified atom stereocenters. The Kier molecular flexibility index (Phi) is 2.59. The molecule has 0 amide bonds. The van der Waals surface area contributed by atoms with Gasteiger partial charge in [-0.05, 0) is 0 Å². The van der Waals surface area contributed by atoms with Crippen molar-refractivity contribution in [3.8, 4) is 0 Å². The first-order chi connectivity index (χ1) is 5.04. The summed E-state index contributed by atoms with van der Waals surface area (Å²) in [6.07, 6.45) is 1.22. The van der Waals surface area contributed by atoms with Crippen molar-refractivity contribution in [1.82, 2.24) is 4.98 Å². The first-order valence-electron chi connectivity index (χ1n) is 2.93. The third kappa shape index (κ3) is 2.20. The quantitative estimate of drug-likeness (QED) is 0.726. The van der Waals surface area contributed by atoms with Gasteiger partial charge in [-0.1, -0.05) is 15.9 Å². The van der Waals surface area contributed by atoms with Gasteiger partial charge in [0.15, 0.2) is 0 Å². The van der Waals surface area contributed by atoms with E-state index in [2.05, 4.69) is 20.9 Å². The molecule has 0 saturated heterocycles. The summed E-state index contributed by atoms with van der Waals surface area (Å²) in [5, 5.41) is 1.22. The Morgan fingerprint density at radius 2 is 2.36 bits per heavy atom. The summed E-state index contributed by atoms with van der Waals surface area (Å²) in [6.45, 7) is 0.874. The highest BCUT2D eigenvalue weighted by atomic mass is 79.9. The standard InChI is InChI=1S/C6H6BrF2NS/c1-6(8,9)4-3-10-5(2-7)11-4/h3H,2H2,1H3. The molecule has 0 saturated carbocycles. The van der Waals surface area contributed by atoms with E-state index >= 15 is 0 Å². The van der Waals surface area contributed by atoms with Gasteiger partial charge in [0.2, 0.25) is 0 Å². The number of hydrogen-bond donors (Lipinski definition) is 0. The van der Waals surface area contributed by atoms with Crippen molar-refractivity contribution < 1.29 is 8.78 Å². The lowest BCUT2D eigenvalue weighted by atomic mass is 10.3. The average molecular weight is 242 g/mol. The Bertz CT molecular complexity index is 243. The molecule has 0 fully saturated rings. The van der Waals surface area contributed by atoms with Gasteiger partial charge in [0.05, 0.1) is 10.2 Å². The van der Waals surface area contributed by atoms with E-state index < -0.39 is 5.92 Å². The van der Waals surface area contributed by atoms with E-state index in [-0.39, 0.29) is 4.88 Å². The van der Waals surface area contributed by atoms with Gasteiger partial charge in [-0.3, -0.25) is 0 Å². The molecule has 0 bridgehead atoms. The summed E-state index contributed by atoms with van der Waals surface area (Å²) in [7, 11) is 0. The molecule has 0 aliphatic rings. The lowest BCUT2D eigenvalue weighted by Crippen LogP contribution is -2.03. The fourth-order valence-electron chi connectivity index (χ4n) is 0.575. The van der Waals surface area contributed by atoms with Crippen molar-refractivity contribution in [3.63, 3.8) is 0 Å². The Hall–Kier alpha value is -0.0300. The van der Waals surface area contributed by atoms with Gasteiger partial charge in [0.1, 0.15) is 5.01 Å². The first kappa shape index (κ1) is 9.06. The zero-order valence-corrected chi connectivity index (χ0v) is 8.18. The molecule has 1 aromatic heterocycles. The number of alkyl halides is 3. The summed E-state index contributed by atoms with van der Waals surface area (Å²) >= 11 is 4.17. The minimum Gasteiger partial charge on any atom is -0.248 e. The van der Waals surface area contributed by atoms with Crippen LogP contribution in [0.1, 0.15) is 16.8 Å². The number of aromatic nitrogens is 1. The van der Waals surface area contributed by atoms with Crippen LogP contribution in [0.3, 0.4) is 0 Å². The molecule has 1 rings (SSSR count). The molecule has 1 aromatic rings. The van der Waals surface area contributed by atoms with Crippen LogP contribution in [0.2, 0.25) is 0 Å². The van der Waals surface area contributed by atoms with Gasteiger partial charge in [-0.15, -0.1) is 11.3 Å². The molecule has 0 aromatic carbocycles. The van der Waals surface area contributed by atoms with Crippen LogP contribution in [0.5, 0.6) is 0 Å². The van der Waals surface area contributed by atoms with Crippen LogP contribution in [-0.2, 0) is 11.3 Å².